The predicted octanol–water partition coefficient (Wildman–Crippen LogP) is 3.02. The van der Waals surface area contributed by atoms with E-state index in [-0.39, 0.29) is 12.2 Å². The zero-order valence-electron chi connectivity index (χ0n) is 13.3. The van der Waals surface area contributed by atoms with Gasteiger partial charge in [0, 0.05) is 41.3 Å². The summed E-state index contributed by atoms with van der Waals surface area (Å²) in [5.41, 5.74) is 1.12. The van der Waals surface area contributed by atoms with Crippen molar-refractivity contribution in [2.24, 2.45) is 0 Å². The van der Waals surface area contributed by atoms with Gasteiger partial charge in [-0.05, 0) is 18.2 Å². The van der Waals surface area contributed by atoms with Crippen LogP contribution >= 0.6 is 11.6 Å². The largest absolute Gasteiger partial charge is 0.304 e. The van der Waals surface area contributed by atoms with Crippen LogP contribution in [0.2, 0.25) is 5.02 Å². The summed E-state index contributed by atoms with van der Waals surface area (Å²) >= 11 is 6.02. The molecule has 0 saturated carbocycles. The van der Waals surface area contributed by atoms with E-state index in [9.17, 15) is 9.18 Å². The Hall–Kier alpha value is -3.26. The molecule has 1 aromatic carbocycles. The Balaban J connectivity index is 1.50. The Bertz CT molecular complexity index is 1050. The smallest absolute Gasteiger partial charge is 0.277 e. The van der Waals surface area contributed by atoms with Gasteiger partial charge in [-0.25, -0.2) is 13.9 Å². The molecule has 0 aliphatic rings. The number of aromatic nitrogens is 5. The molecule has 26 heavy (non-hydrogen) atoms. The van der Waals surface area contributed by atoms with Crippen LogP contribution in [0.3, 0.4) is 0 Å². The molecule has 4 aromatic rings. The molecule has 1 amide bonds. The Labute approximate surface area is 152 Å². The minimum atomic E-state index is -0.412. The van der Waals surface area contributed by atoms with E-state index >= 15 is 0 Å². The number of hydrogen-bond donors (Lipinski definition) is 1. The van der Waals surface area contributed by atoms with E-state index in [0.29, 0.717) is 22.1 Å². The van der Waals surface area contributed by atoms with E-state index in [0.717, 1.165) is 0 Å². The lowest BCUT2D eigenvalue weighted by Gasteiger charge is -2.06. The molecule has 130 valence electrons. The highest BCUT2D eigenvalue weighted by Gasteiger charge is 2.14. The average molecular weight is 371 g/mol. The molecule has 0 atom stereocenters. The Morgan fingerprint density at radius 1 is 1.19 bits per heavy atom. The van der Waals surface area contributed by atoms with E-state index in [2.05, 4.69) is 20.5 Å². The molecule has 0 aliphatic heterocycles. The van der Waals surface area contributed by atoms with Gasteiger partial charge in [0.1, 0.15) is 5.82 Å². The van der Waals surface area contributed by atoms with Crippen LogP contribution in [0.25, 0.3) is 5.65 Å². The first-order valence-electron chi connectivity index (χ1n) is 7.68. The molecule has 9 heteroatoms. The first-order chi connectivity index (χ1) is 12.6. The summed E-state index contributed by atoms with van der Waals surface area (Å²) in [7, 11) is 0. The first-order valence-corrected chi connectivity index (χ1v) is 8.06. The van der Waals surface area contributed by atoms with E-state index in [1.165, 1.54) is 15.3 Å². The lowest BCUT2D eigenvalue weighted by Crippen LogP contribution is -2.13. The van der Waals surface area contributed by atoms with Gasteiger partial charge in [-0.1, -0.05) is 17.7 Å². The molecular formula is C17H12ClFN6O. The standard InChI is InChI=1S/C17H12ClFN6O/c18-12-3-1-4-13(19)11(12)10-24-8-5-15(23-24)21-17(26)14-9-16-20-6-2-7-25(16)22-14/h1-9H,10H2,(H,21,23,26). The van der Waals surface area contributed by atoms with Crippen molar-refractivity contribution in [1.82, 2.24) is 24.4 Å². The fourth-order valence-corrected chi connectivity index (χ4v) is 2.71. The molecule has 3 heterocycles. The fraction of sp³-hybridized carbons (Fsp3) is 0.0588. The third-order valence-corrected chi connectivity index (χ3v) is 4.09. The first kappa shape index (κ1) is 16.2. The van der Waals surface area contributed by atoms with Gasteiger partial charge in [0.25, 0.3) is 5.91 Å². The Morgan fingerprint density at radius 3 is 2.88 bits per heavy atom. The summed E-state index contributed by atoms with van der Waals surface area (Å²) in [5, 5.41) is 11.3. The van der Waals surface area contributed by atoms with Gasteiger partial charge in [0.05, 0.1) is 6.54 Å². The Kier molecular flexibility index (Phi) is 4.10. The molecule has 4 rings (SSSR count). The van der Waals surface area contributed by atoms with Crippen LogP contribution in [0.5, 0.6) is 0 Å². The van der Waals surface area contributed by atoms with Crippen molar-refractivity contribution in [2.75, 3.05) is 5.32 Å². The predicted molar refractivity (Wildman–Crippen MR) is 93.7 cm³/mol. The number of amides is 1. The van der Waals surface area contributed by atoms with Crippen molar-refractivity contribution in [3.05, 3.63) is 77.1 Å². The quantitative estimate of drug-likeness (QED) is 0.599. The van der Waals surface area contributed by atoms with Crippen molar-refractivity contribution < 1.29 is 9.18 Å². The second kappa shape index (κ2) is 6.57. The minimum absolute atomic E-state index is 0.152. The summed E-state index contributed by atoms with van der Waals surface area (Å²) in [6, 6.07) is 9.40. The molecule has 0 bridgehead atoms. The molecule has 1 N–H and O–H groups in total. The molecule has 0 spiro atoms. The summed E-state index contributed by atoms with van der Waals surface area (Å²) in [6.07, 6.45) is 4.95. The number of fused-ring (bicyclic) bond motifs is 1. The maximum absolute atomic E-state index is 13.9. The number of benzene rings is 1. The van der Waals surface area contributed by atoms with E-state index in [1.807, 2.05) is 0 Å². The second-order valence-corrected chi connectivity index (χ2v) is 5.91. The SMILES string of the molecule is O=C(Nc1ccn(Cc2c(F)cccc2Cl)n1)c1cc2ncccn2n1. The summed E-state index contributed by atoms with van der Waals surface area (Å²) in [4.78, 5) is 16.4. The number of nitrogens with one attached hydrogen (secondary N) is 1. The van der Waals surface area contributed by atoms with E-state index in [4.69, 9.17) is 11.6 Å². The lowest BCUT2D eigenvalue weighted by molar-refractivity contribution is 0.102. The zero-order valence-corrected chi connectivity index (χ0v) is 14.1. The molecule has 7 nitrogen and oxygen atoms in total. The van der Waals surface area contributed by atoms with Crippen LogP contribution in [0.4, 0.5) is 10.2 Å². The van der Waals surface area contributed by atoms with Crippen LogP contribution in [-0.4, -0.2) is 30.3 Å². The van der Waals surface area contributed by atoms with Gasteiger partial charge >= 0.3 is 0 Å². The molecule has 0 radical (unpaired) electrons. The van der Waals surface area contributed by atoms with Gasteiger partial charge in [-0.3, -0.25) is 9.48 Å². The maximum atomic E-state index is 13.9. The second-order valence-electron chi connectivity index (χ2n) is 5.50. The van der Waals surface area contributed by atoms with Crippen LogP contribution in [0, 0.1) is 5.82 Å². The zero-order chi connectivity index (χ0) is 18.1. The third-order valence-electron chi connectivity index (χ3n) is 3.73. The van der Waals surface area contributed by atoms with Crippen molar-refractivity contribution >= 4 is 29.0 Å². The summed E-state index contributed by atoms with van der Waals surface area (Å²) in [6.45, 7) is 0.152. The molecular weight excluding hydrogens is 359 g/mol. The number of nitrogens with zero attached hydrogens (tertiary/aromatic N) is 5. The molecule has 0 aliphatic carbocycles. The maximum Gasteiger partial charge on any atom is 0.277 e. The highest BCUT2D eigenvalue weighted by Crippen LogP contribution is 2.20. The number of carbonyl (C=O) groups is 1. The molecule has 0 saturated heterocycles. The number of carbonyl (C=O) groups excluding carboxylic acids is 1. The molecule has 0 fully saturated rings. The minimum Gasteiger partial charge on any atom is -0.304 e. The van der Waals surface area contributed by atoms with Gasteiger partial charge in [-0.2, -0.15) is 10.2 Å². The van der Waals surface area contributed by atoms with E-state index < -0.39 is 11.7 Å². The Morgan fingerprint density at radius 2 is 2.08 bits per heavy atom. The van der Waals surface area contributed by atoms with Crippen LogP contribution in [0.1, 0.15) is 16.1 Å². The average Bonchev–Trinajstić information content (AvgIpc) is 3.25. The van der Waals surface area contributed by atoms with Crippen molar-refractivity contribution in [1.29, 1.82) is 0 Å². The van der Waals surface area contributed by atoms with Crippen LogP contribution in [-0.2, 0) is 6.54 Å². The summed E-state index contributed by atoms with van der Waals surface area (Å²) in [5.74, 6) is -0.493. The van der Waals surface area contributed by atoms with Crippen molar-refractivity contribution in [2.45, 2.75) is 6.54 Å². The van der Waals surface area contributed by atoms with Gasteiger partial charge in [-0.15, -0.1) is 0 Å². The van der Waals surface area contributed by atoms with E-state index in [1.54, 1.807) is 48.9 Å². The topological polar surface area (TPSA) is 77.1 Å². The van der Waals surface area contributed by atoms with Gasteiger partial charge < -0.3 is 5.32 Å². The number of anilines is 1. The van der Waals surface area contributed by atoms with Crippen LogP contribution < -0.4 is 5.32 Å². The van der Waals surface area contributed by atoms with Gasteiger partial charge in [0.15, 0.2) is 17.2 Å². The highest BCUT2D eigenvalue weighted by molar-refractivity contribution is 6.31. The van der Waals surface area contributed by atoms with Crippen molar-refractivity contribution in [3.63, 3.8) is 0 Å². The molecule has 0 unspecified atom stereocenters. The summed E-state index contributed by atoms with van der Waals surface area (Å²) < 4.78 is 16.9. The van der Waals surface area contributed by atoms with Gasteiger partial charge in [0.2, 0.25) is 0 Å². The number of hydrogen-bond acceptors (Lipinski definition) is 4. The number of halogens is 2. The van der Waals surface area contributed by atoms with Crippen molar-refractivity contribution in [3.8, 4) is 0 Å². The fourth-order valence-electron chi connectivity index (χ4n) is 2.48. The normalized spacial score (nSPS) is 11.0. The molecule has 3 aromatic heterocycles. The van der Waals surface area contributed by atoms with Crippen LogP contribution in [0.15, 0.2) is 55.0 Å². The third kappa shape index (κ3) is 3.14. The highest BCUT2D eigenvalue weighted by atomic mass is 35.5. The monoisotopic (exact) mass is 370 g/mol. The number of rotatable bonds is 4. The lowest BCUT2D eigenvalue weighted by atomic mass is 10.2.